The lowest BCUT2D eigenvalue weighted by atomic mass is 10.0. The summed E-state index contributed by atoms with van der Waals surface area (Å²) >= 11 is 0. The number of fused-ring (bicyclic) bond motifs is 1. The summed E-state index contributed by atoms with van der Waals surface area (Å²) in [5, 5.41) is 0.577. The van der Waals surface area contributed by atoms with Gasteiger partial charge in [0.25, 0.3) is 5.56 Å². The van der Waals surface area contributed by atoms with Crippen LogP contribution in [0.3, 0.4) is 0 Å². The lowest BCUT2D eigenvalue weighted by Crippen LogP contribution is -2.22. The van der Waals surface area contributed by atoms with E-state index >= 15 is 0 Å². The van der Waals surface area contributed by atoms with Gasteiger partial charge in [0.2, 0.25) is 0 Å². The number of ether oxygens (including phenoxy) is 1. The number of methoxy groups -OCH3 is 1. The molecule has 0 saturated heterocycles. The molecule has 0 bridgehead atoms. The Labute approximate surface area is 96.4 Å². The Hall–Kier alpha value is -2.04. The van der Waals surface area contributed by atoms with Crippen LogP contribution in [0.2, 0.25) is 0 Å². The first kappa shape index (κ1) is 10.1. The summed E-state index contributed by atoms with van der Waals surface area (Å²) in [6.07, 6.45) is 2.17. The zero-order chi connectivity index (χ0) is 12.0. The van der Waals surface area contributed by atoms with Crippen LogP contribution in [0.4, 0.5) is 0 Å². The number of hydrogen-bond acceptors (Lipinski definition) is 3. The molecule has 88 valence electrons. The summed E-state index contributed by atoms with van der Waals surface area (Å²) in [5.41, 5.74) is 0.697. The standard InChI is InChI=1S/C12H12N2O3/c1-17-7-4-8(6-2-3-6)10-9(5-7)13-12(16)14-11(10)15/h4-6H,2-3H2,1H3,(H2,13,14,15,16). The second-order valence-corrected chi connectivity index (χ2v) is 4.32. The van der Waals surface area contributed by atoms with Gasteiger partial charge in [-0.05, 0) is 30.4 Å². The fraction of sp³-hybridized carbons (Fsp3) is 0.333. The third-order valence-corrected chi connectivity index (χ3v) is 3.10. The van der Waals surface area contributed by atoms with Crippen molar-refractivity contribution in [3.63, 3.8) is 0 Å². The highest BCUT2D eigenvalue weighted by Crippen LogP contribution is 2.43. The van der Waals surface area contributed by atoms with Crippen LogP contribution in [0.25, 0.3) is 10.9 Å². The molecule has 0 radical (unpaired) electrons. The van der Waals surface area contributed by atoms with E-state index < -0.39 is 5.69 Å². The van der Waals surface area contributed by atoms with Gasteiger partial charge in [-0.25, -0.2) is 4.79 Å². The van der Waals surface area contributed by atoms with E-state index in [1.165, 1.54) is 0 Å². The Morgan fingerprint density at radius 2 is 2.00 bits per heavy atom. The van der Waals surface area contributed by atoms with Crippen molar-refractivity contribution in [1.82, 2.24) is 9.97 Å². The first-order chi connectivity index (χ1) is 8.19. The topological polar surface area (TPSA) is 75.0 Å². The van der Waals surface area contributed by atoms with Crippen molar-refractivity contribution >= 4 is 10.9 Å². The summed E-state index contributed by atoms with van der Waals surface area (Å²) in [7, 11) is 1.57. The summed E-state index contributed by atoms with van der Waals surface area (Å²) in [6.45, 7) is 0. The molecule has 0 unspecified atom stereocenters. The molecule has 1 aliphatic rings. The van der Waals surface area contributed by atoms with Crippen LogP contribution in [0.5, 0.6) is 5.75 Å². The molecular weight excluding hydrogens is 220 g/mol. The van der Waals surface area contributed by atoms with Crippen LogP contribution in [0.1, 0.15) is 24.3 Å². The number of aromatic amines is 2. The number of nitrogens with one attached hydrogen (secondary N) is 2. The van der Waals surface area contributed by atoms with Crippen molar-refractivity contribution in [1.29, 1.82) is 0 Å². The van der Waals surface area contributed by atoms with E-state index in [9.17, 15) is 9.59 Å². The summed E-state index contributed by atoms with van der Waals surface area (Å²) in [6, 6.07) is 3.56. The van der Waals surface area contributed by atoms with Crippen LogP contribution in [-0.2, 0) is 0 Å². The predicted octanol–water partition coefficient (Wildman–Crippen LogP) is 1.10. The molecule has 2 aromatic rings. The largest absolute Gasteiger partial charge is 0.497 e. The quantitative estimate of drug-likeness (QED) is 0.814. The van der Waals surface area contributed by atoms with Crippen molar-refractivity contribution in [2.75, 3.05) is 7.11 Å². The normalized spacial score (nSPS) is 15.1. The van der Waals surface area contributed by atoms with Gasteiger partial charge in [0.15, 0.2) is 0 Å². The van der Waals surface area contributed by atoms with E-state index in [1.54, 1.807) is 13.2 Å². The molecule has 1 fully saturated rings. The highest BCUT2D eigenvalue weighted by Gasteiger charge is 2.27. The Kier molecular flexibility index (Phi) is 2.07. The Balaban J connectivity index is 2.43. The number of benzene rings is 1. The molecule has 3 rings (SSSR count). The molecule has 5 nitrogen and oxygen atoms in total. The van der Waals surface area contributed by atoms with Crippen LogP contribution < -0.4 is 16.0 Å². The highest BCUT2D eigenvalue weighted by atomic mass is 16.5. The highest BCUT2D eigenvalue weighted by molar-refractivity contribution is 5.83. The Morgan fingerprint density at radius 3 is 2.65 bits per heavy atom. The van der Waals surface area contributed by atoms with E-state index in [0.29, 0.717) is 22.6 Å². The number of rotatable bonds is 2. The summed E-state index contributed by atoms with van der Waals surface area (Å²) < 4.78 is 5.19. The Morgan fingerprint density at radius 1 is 1.24 bits per heavy atom. The van der Waals surface area contributed by atoms with Gasteiger partial charge in [-0.1, -0.05) is 0 Å². The van der Waals surface area contributed by atoms with Gasteiger partial charge in [-0.15, -0.1) is 0 Å². The third kappa shape index (κ3) is 1.63. The maximum absolute atomic E-state index is 11.8. The van der Waals surface area contributed by atoms with Crippen molar-refractivity contribution in [2.45, 2.75) is 18.8 Å². The second kappa shape index (κ2) is 3.48. The molecule has 0 atom stereocenters. The molecular formula is C12H12N2O3. The van der Waals surface area contributed by atoms with Crippen LogP contribution in [-0.4, -0.2) is 17.1 Å². The van der Waals surface area contributed by atoms with E-state index in [0.717, 1.165) is 18.4 Å². The molecule has 0 aliphatic heterocycles. The van der Waals surface area contributed by atoms with Gasteiger partial charge in [0.1, 0.15) is 5.75 Å². The fourth-order valence-electron chi connectivity index (χ4n) is 2.14. The monoisotopic (exact) mass is 232 g/mol. The number of aromatic nitrogens is 2. The van der Waals surface area contributed by atoms with E-state index in [-0.39, 0.29) is 5.56 Å². The molecule has 1 aromatic heterocycles. The minimum Gasteiger partial charge on any atom is -0.497 e. The fourth-order valence-corrected chi connectivity index (χ4v) is 2.14. The molecule has 17 heavy (non-hydrogen) atoms. The molecule has 0 spiro atoms. The van der Waals surface area contributed by atoms with Crippen molar-refractivity contribution in [3.05, 3.63) is 38.5 Å². The molecule has 0 amide bonds. The van der Waals surface area contributed by atoms with Crippen molar-refractivity contribution < 1.29 is 4.74 Å². The number of H-pyrrole nitrogens is 2. The van der Waals surface area contributed by atoms with Gasteiger partial charge in [-0.3, -0.25) is 9.78 Å². The zero-order valence-corrected chi connectivity index (χ0v) is 9.37. The van der Waals surface area contributed by atoms with Gasteiger partial charge >= 0.3 is 5.69 Å². The summed E-state index contributed by atoms with van der Waals surface area (Å²) in [4.78, 5) is 28.0. The average molecular weight is 232 g/mol. The number of hydrogen-bond donors (Lipinski definition) is 2. The van der Waals surface area contributed by atoms with Crippen molar-refractivity contribution in [3.8, 4) is 5.75 Å². The van der Waals surface area contributed by atoms with E-state index in [4.69, 9.17) is 4.74 Å². The molecule has 1 saturated carbocycles. The van der Waals surface area contributed by atoms with E-state index in [1.807, 2.05) is 6.07 Å². The molecule has 5 heteroatoms. The molecule has 1 aromatic carbocycles. The molecule has 1 aliphatic carbocycles. The van der Waals surface area contributed by atoms with Crippen LogP contribution in [0.15, 0.2) is 21.7 Å². The lowest BCUT2D eigenvalue weighted by Gasteiger charge is -2.07. The van der Waals surface area contributed by atoms with Gasteiger partial charge in [0.05, 0.1) is 18.0 Å². The Bertz CT molecular complexity index is 695. The predicted molar refractivity (Wildman–Crippen MR) is 63.7 cm³/mol. The maximum atomic E-state index is 11.8. The molecule has 2 N–H and O–H groups in total. The second-order valence-electron chi connectivity index (χ2n) is 4.32. The average Bonchev–Trinajstić information content (AvgIpc) is 3.10. The van der Waals surface area contributed by atoms with Crippen LogP contribution >= 0.6 is 0 Å². The van der Waals surface area contributed by atoms with Crippen LogP contribution in [0, 0.1) is 0 Å². The first-order valence-electron chi connectivity index (χ1n) is 5.53. The first-order valence-corrected chi connectivity index (χ1v) is 5.53. The van der Waals surface area contributed by atoms with Gasteiger partial charge in [-0.2, -0.15) is 0 Å². The third-order valence-electron chi connectivity index (χ3n) is 3.10. The van der Waals surface area contributed by atoms with Gasteiger partial charge in [0, 0.05) is 6.07 Å². The zero-order valence-electron chi connectivity index (χ0n) is 9.37. The smallest absolute Gasteiger partial charge is 0.326 e. The minimum atomic E-state index is -0.488. The minimum absolute atomic E-state index is 0.326. The maximum Gasteiger partial charge on any atom is 0.326 e. The lowest BCUT2D eigenvalue weighted by molar-refractivity contribution is 0.415. The van der Waals surface area contributed by atoms with Gasteiger partial charge < -0.3 is 9.72 Å². The summed E-state index contributed by atoms with van der Waals surface area (Å²) in [5.74, 6) is 1.08. The van der Waals surface area contributed by atoms with E-state index in [2.05, 4.69) is 9.97 Å². The van der Waals surface area contributed by atoms with Crippen molar-refractivity contribution in [2.24, 2.45) is 0 Å². The molecule has 1 heterocycles. The SMILES string of the molecule is COc1cc(C2CC2)c2c(=O)[nH]c(=O)[nH]c2c1.